The number of aromatic nitrogens is 3. The van der Waals surface area contributed by atoms with Crippen LogP contribution < -0.4 is 15.5 Å². The second kappa shape index (κ2) is 7.32. The van der Waals surface area contributed by atoms with E-state index in [1.165, 1.54) is 12.1 Å². The topological polar surface area (TPSA) is 85.1 Å². The minimum Gasteiger partial charge on any atom is -0.496 e. The van der Waals surface area contributed by atoms with Crippen molar-refractivity contribution in [1.82, 2.24) is 20.1 Å². The predicted octanol–water partition coefficient (Wildman–Crippen LogP) is 3.46. The Labute approximate surface area is 167 Å². The number of halogens is 1. The van der Waals surface area contributed by atoms with E-state index in [-0.39, 0.29) is 11.9 Å². The number of hydroxylamine groups is 1. The maximum absolute atomic E-state index is 13.7. The van der Waals surface area contributed by atoms with Crippen molar-refractivity contribution in [3.8, 4) is 5.75 Å². The molecule has 9 heteroatoms. The number of hydrogen-bond donors (Lipinski definition) is 2. The number of nitrogens with one attached hydrogen (secondary N) is 2. The van der Waals surface area contributed by atoms with Gasteiger partial charge in [-0.25, -0.2) is 29.2 Å². The zero-order chi connectivity index (χ0) is 20.6. The van der Waals surface area contributed by atoms with Gasteiger partial charge in [-0.2, -0.15) is 5.10 Å². The number of benzene rings is 1. The quantitative estimate of drug-likeness (QED) is 0.662. The van der Waals surface area contributed by atoms with Crippen molar-refractivity contribution in [3.05, 3.63) is 53.6 Å². The van der Waals surface area contributed by atoms with Crippen LogP contribution in [0.5, 0.6) is 5.75 Å². The fourth-order valence-electron chi connectivity index (χ4n) is 3.17. The number of nitrogens with zero attached hydrogens (tertiary/aromatic N) is 4. The van der Waals surface area contributed by atoms with E-state index in [0.717, 1.165) is 12.0 Å². The van der Waals surface area contributed by atoms with Gasteiger partial charge in [0.25, 0.3) is 0 Å². The second-order valence-corrected chi connectivity index (χ2v) is 7.08. The van der Waals surface area contributed by atoms with Gasteiger partial charge in [-0.3, -0.25) is 0 Å². The van der Waals surface area contributed by atoms with Gasteiger partial charge in [0, 0.05) is 11.8 Å². The number of anilines is 1. The Bertz CT molecular complexity index is 1080. The highest BCUT2D eigenvalue weighted by Crippen LogP contribution is 2.29. The smallest absolute Gasteiger partial charge is 0.184 e. The molecule has 8 nitrogen and oxygen atoms in total. The van der Waals surface area contributed by atoms with E-state index >= 15 is 0 Å². The van der Waals surface area contributed by atoms with Gasteiger partial charge in [-0.05, 0) is 44.5 Å². The van der Waals surface area contributed by atoms with Gasteiger partial charge < -0.3 is 10.1 Å². The minimum absolute atomic E-state index is 0.226. The molecule has 1 aliphatic rings. The van der Waals surface area contributed by atoms with E-state index < -0.39 is 5.72 Å². The van der Waals surface area contributed by atoms with Crippen molar-refractivity contribution in [2.75, 3.05) is 12.4 Å². The van der Waals surface area contributed by atoms with Crippen LogP contribution in [-0.2, 0) is 4.84 Å². The molecule has 2 N–H and O–H groups in total. The van der Waals surface area contributed by atoms with Crippen molar-refractivity contribution >= 4 is 17.3 Å². The number of rotatable bonds is 6. The van der Waals surface area contributed by atoms with Crippen molar-refractivity contribution < 1.29 is 14.0 Å². The molecule has 0 aliphatic carbocycles. The highest BCUT2D eigenvalue weighted by Gasteiger charge is 2.31. The Morgan fingerprint density at radius 2 is 2.21 bits per heavy atom. The van der Waals surface area contributed by atoms with E-state index in [1.807, 2.05) is 26.8 Å². The summed E-state index contributed by atoms with van der Waals surface area (Å²) in [6, 6.07) is 6.03. The maximum atomic E-state index is 13.7. The number of amidine groups is 1. The predicted molar refractivity (Wildman–Crippen MR) is 107 cm³/mol. The third-order valence-corrected chi connectivity index (χ3v) is 5.02. The lowest BCUT2D eigenvalue weighted by atomic mass is 10.1. The van der Waals surface area contributed by atoms with Crippen LogP contribution in [0.4, 0.5) is 10.2 Å². The van der Waals surface area contributed by atoms with Gasteiger partial charge in [0.1, 0.15) is 17.4 Å². The summed E-state index contributed by atoms with van der Waals surface area (Å²) in [5, 5.41) is 7.63. The highest BCUT2D eigenvalue weighted by molar-refractivity contribution is 6.03. The normalized spacial score (nSPS) is 19.7. The molecule has 2 unspecified atom stereocenters. The summed E-state index contributed by atoms with van der Waals surface area (Å²) in [5.74, 6) is 1.50. The van der Waals surface area contributed by atoms with Gasteiger partial charge in [0.15, 0.2) is 17.2 Å². The number of methoxy groups -OCH3 is 1. The SMILES string of the molecule is CCC1(C)N=C(c2cnn3ccc(NC(C)c4cc(F)ccc4OC)nc23)NO1. The first-order chi connectivity index (χ1) is 13.9. The summed E-state index contributed by atoms with van der Waals surface area (Å²) < 4.78 is 20.7. The number of ether oxygens (including phenoxy) is 1. The molecule has 2 aromatic heterocycles. The van der Waals surface area contributed by atoms with Crippen molar-refractivity contribution in [1.29, 1.82) is 0 Å². The molecule has 0 saturated heterocycles. The molecule has 0 spiro atoms. The molecule has 2 atom stereocenters. The third kappa shape index (κ3) is 3.61. The Morgan fingerprint density at radius 1 is 1.38 bits per heavy atom. The number of hydrogen-bond acceptors (Lipinski definition) is 7. The Balaban J connectivity index is 1.65. The third-order valence-electron chi connectivity index (χ3n) is 5.02. The molecule has 4 rings (SSSR count). The van der Waals surface area contributed by atoms with Crippen LogP contribution in [0.15, 0.2) is 41.7 Å². The van der Waals surface area contributed by atoms with E-state index in [9.17, 15) is 4.39 Å². The molecule has 0 saturated carbocycles. The molecule has 3 aromatic rings. The van der Waals surface area contributed by atoms with Crippen molar-refractivity contribution in [2.24, 2.45) is 4.99 Å². The molecule has 1 aromatic carbocycles. The van der Waals surface area contributed by atoms with Crippen LogP contribution >= 0.6 is 0 Å². The van der Waals surface area contributed by atoms with Gasteiger partial charge in [0.2, 0.25) is 0 Å². The molecule has 3 heterocycles. The lowest BCUT2D eigenvalue weighted by Gasteiger charge is -2.18. The second-order valence-electron chi connectivity index (χ2n) is 7.08. The van der Waals surface area contributed by atoms with Crippen LogP contribution in [0.3, 0.4) is 0 Å². The first kappa shape index (κ1) is 19.1. The molecular formula is C20H23FN6O2. The van der Waals surface area contributed by atoms with Crippen LogP contribution in [0.25, 0.3) is 5.65 Å². The van der Waals surface area contributed by atoms with Crippen LogP contribution in [0.1, 0.15) is 44.4 Å². The lowest BCUT2D eigenvalue weighted by molar-refractivity contribution is -0.0429. The maximum Gasteiger partial charge on any atom is 0.184 e. The number of aliphatic imine (C=N–C) groups is 1. The molecule has 0 bridgehead atoms. The van der Waals surface area contributed by atoms with Crippen LogP contribution in [0, 0.1) is 5.82 Å². The average molecular weight is 398 g/mol. The first-order valence-electron chi connectivity index (χ1n) is 9.41. The summed E-state index contributed by atoms with van der Waals surface area (Å²) in [6.45, 7) is 5.84. The zero-order valence-corrected chi connectivity index (χ0v) is 16.7. The standard InChI is InChI=1S/C20H23FN6O2/c1-5-20(3)25-18(26-29-20)15-11-22-27-9-8-17(24-19(15)27)23-12(2)14-10-13(21)6-7-16(14)28-4/h6-12H,5H2,1-4H3,(H,23,24)(H,25,26). The molecule has 1 aliphatic heterocycles. The number of fused-ring (bicyclic) bond motifs is 1. The minimum atomic E-state index is -0.609. The fraction of sp³-hybridized carbons (Fsp3) is 0.350. The molecule has 0 amide bonds. The highest BCUT2D eigenvalue weighted by atomic mass is 19.1. The summed E-state index contributed by atoms with van der Waals surface area (Å²) in [6.07, 6.45) is 4.23. The van der Waals surface area contributed by atoms with E-state index in [0.29, 0.717) is 28.6 Å². The zero-order valence-electron chi connectivity index (χ0n) is 16.7. The lowest BCUT2D eigenvalue weighted by Crippen LogP contribution is -2.25. The van der Waals surface area contributed by atoms with E-state index in [4.69, 9.17) is 9.57 Å². The average Bonchev–Trinajstić information content (AvgIpc) is 3.31. The summed E-state index contributed by atoms with van der Waals surface area (Å²) >= 11 is 0. The van der Waals surface area contributed by atoms with E-state index in [1.54, 1.807) is 30.1 Å². The Hall–Kier alpha value is -3.20. The van der Waals surface area contributed by atoms with Gasteiger partial charge >= 0.3 is 0 Å². The Morgan fingerprint density at radius 3 is 2.93 bits per heavy atom. The summed E-state index contributed by atoms with van der Waals surface area (Å²) in [5.41, 5.74) is 4.34. The Kier molecular flexibility index (Phi) is 4.83. The van der Waals surface area contributed by atoms with E-state index in [2.05, 4.69) is 25.9 Å². The van der Waals surface area contributed by atoms with Crippen molar-refractivity contribution in [2.45, 2.75) is 39.0 Å². The molecule has 29 heavy (non-hydrogen) atoms. The molecular weight excluding hydrogens is 375 g/mol. The molecule has 0 fully saturated rings. The van der Waals surface area contributed by atoms with Gasteiger partial charge in [-0.1, -0.05) is 6.92 Å². The summed E-state index contributed by atoms with van der Waals surface area (Å²) in [4.78, 5) is 14.9. The van der Waals surface area contributed by atoms with Crippen LogP contribution in [-0.4, -0.2) is 33.3 Å². The monoisotopic (exact) mass is 398 g/mol. The molecule has 0 radical (unpaired) electrons. The fourth-order valence-corrected chi connectivity index (χ4v) is 3.17. The summed E-state index contributed by atoms with van der Waals surface area (Å²) in [7, 11) is 1.56. The largest absolute Gasteiger partial charge is 0.496 e. The van der Waals surface area contributed by atoms with Crippen molar-refractivity contribution in [3.63, 3.8) is 0 Å². The van der Waals surface area contributed by atoms with Gasteiger partial charge in [-0.15, -0.1) is 0 Å². The van der Waals surface area contributed by atoms with Gasteiger partial charge in [0.05, 0.1) is 24.9 Å². The first-order valence-corrected chi connectivity index (χ1v) is 9.41. The molecule has 152 valence electrons. The van der Waals surface area contributed by atoms with Crippen LogP contribution in [0.2, 0.25) is 0 Å².